The number of carbonyl (C=O) groups excluding carboxylic acids is 1. The number of hydrogen-bond donors (Lipinski definition) is 1. The fourth-order valence-corrected chi connectivity index (χ4v) is 11.2. The number of esters is 1. The zero-order valence-electron chi connectivity index (χ0n) is 32.3. The number of unbranched alkanes of at least 4 members (excludes halogenated alkanes) is 8. The van der Waals surface area contributed by atoms with E-state index >= 15 is 0 Å². The van der Waals surface area contributed by atoms with Crippen LogP contribution in [-0.4, -0.2) is 23.3 Å². The molecule has 0 aromatic rings. The van der Waals surface area contributed by atoms with Crippen molar-refractivity contribution in [1.29, 1.82) is 0 Å². The summed E-state index contributed by atoms with van der Waals surface area (Å²) >= 11 is 0. The Kier molecular flexibility index (Phi) is 15.9. The van der Waals surface area contributed by atoms with Crippen LogP contribution in [0.15, 0.2) is 36.0 Å². The van der Waals surface area contributed by atoms with Crippen LogP contribution >= 0.6 is 0 Å². The molecule has 4 rings (SSSR count). The van der Waals surface area contributed by atoms with Crippen LogP contribution in [0, 0.1) is 46.3 Å². The molecule has 3 heteroatoms. The Morgan fingerprint density at radius 3 is 2.33 bits per heavy atom. The van der Waals surface area contributed by atoms with Crippen molar-refractivity contribution < 1.29 is 14.6 Å². The molecule has 3 nitrogen and oxygen atoms in total. The minimum Gasteiger partial charge on any atom is -0.461 e. The van der Waals surface area contributed by atoms with Gasteiger partial charge >= 0.3 is 5.97 Å². The molecule has 0 aromatic heterocycles. The van der Waals surface area contributed by atoms with Crippen LogP contribution in [0.25, 0.3) is 0 Å². The van der Waals surface area contributed by atoms with E-state index < -0.39 is 6.10 Å². The lowest BCUT2D eigenvalue weighted by Crippen LogP contribution is -2.56. The molecule has 0 aliphatic heterocycles. The largest absolute Gasteiger partial charge is 0.461 e. The van der Waals surface area contributed by atoms with E-state index in [9.17, 15) is 9.90 Å². The van der Waals surface area contributed by atoms with Crippen molar-refractivity contribution in [3.8, 4) is 0 Å². The first kappa shape index (κ1) is 39.4. The zero-order chi connectivity index (χ0) is 34.6. The monoisotopic (exact) mass is 665 g/mol. The Morgan fingerprint density at radius 1 is 0.896 bits per heavy atom. The average Bonchev–Trinajstić information content (AvgIpc) is 3.40. The van der Waals surface area contributed by atoms with E-state index in [0.717, 1.165) is 62.2 Å². The lowest BCUT2D eigenvalue weighted by atomic mass is 9.46. The van der Waals surface area contributed by atoms with E-state index in [2.05, 4.69) is 71.9 Å². The fraction of sp³-hybridized carbons (Fsp3) is 0.844. The van der Waals surface area contributed by atoms with Gasteiger partial charge in [-0.15, -0.1) is 0 Å². The van der Waals surface area contributed by atoms with Gasteiger partial charge < -0.3 is 9.84 Å². The highest BCUT2D eigenvalue weighted by molar-refractivity contribution is 5.69. The van der Waals surface area contributed by atoms with Crippen molar-refractivity contribution in [2.45, 2.75) is 195 Å². The highest BCUT2D eigenvalue weighted by atomic mass is 16.5. The molecule has 0 saturated heterocycles. The van der Waals surface area contributed by atoms with Crippen LogP contribution in [-0.2, 0) is 9.53 Å². The van der Waals surface area contributed by atoms with Gasteiger partial charge in [-0.2, -0.15) is 0 Å². The molecule has 4 aliphatic rings. The van der Waals surface area contributed by atoms with Gasteiger partial charge in [0.1, 0.15) is 6.10 Å². The minimum absolute atomic E-state index is 0.0423. The number of allylic oxidation sites excluding steroid dienone is 5. The molecule has 9 atom stereocenters. The molecule has 0 aromatic carbocycles. The molecule has 1 unspecified atom stereocenters. The lowest BCUT2D eigenvalue weighted by Gasteiger charge is -2.60. The molecule has 0 bridgehead atoms. The van der Waals surface area contributed by atoms with Gasteiger partial charge in [0.15, 0.2) is 0 Å². The Morgan fingerprint density at radius 2 is 1.60 bits per heavy atom. The Labute approximate surface area is 297 Å². The van der Waals surface area contributed by atoms with Crippen LogP contribution in [0.2, 0.25) is 0 Å². The molecule has 0 spiro atoms. The second-order valence-electron chi connectivity index (χ2n) is 17.7. The summed E-state index contributed by atoms with van der Waals surface area (Å²) in [4.78, 5) is 13.3. The average molecular weight is 665 g/mol. The van der Waals surface area contributed by atoms with Crippen LogP contribution in [0.3, 0.4) is 0 Å². The molecule has 4 aliphatic carbocycles. The van der Waals surface area contributed by atoms with Gasteiger partial charge in [-0.3, -0.25) is 4.79 Å². The first-order valence-corrected chi connectivity index (χ1v) is 21.0. The van der Waals surface area contributed by atoms with Crippen LogP contribution in [0.1, 0.15) is 183 Å². The fourth-order valence-electron chi connectivity index (χ4n) is 11.2. The molecular weight excluding hydrogens is 588 g/mol. The van der Waals surface area contributed by atoms with Crippen molar-refractivity contribution in [3.05, 3.63) is 36.0 Å². The van der Waals surface area contributed by atoms with Crippen LogP contribution in [0.5, 0.6) is 0 Å². The van der Waals surface area contributed by atoms with Gasteiger partial charge in [-0.1, -0.05) is 129 Å². The number of fused-ring (bicyclic) bond motifs is 5. The molecule has 48 heavy (non-hydrogen) atoms. The van der Waals surface area contributed by atoms with E-state index in [1.807, 2.05) is 0 Å². The first-order chi connectivity index (χ1) is 23.1. The van der Waals surface area contributed by atoms with E-state index in [-0.39, 0.29) is 17.5 Å². The van der Waals surface area contributed by atoms with Gasteiger partial charge in [0.25, 0.3) is 0 Å². The van der Waals surface area contributed by atoms with Crippen LogP contribution in [0.4, 0.5) is 0 Å². The molecule has 3 saturated carbocycles. The predicted octanol–water partition coefficient (Wildman–Crippen LogP) is 12.7. The molecular formula is C45H76O3. The van der Waals surface area contributed by atoms with E-state index in [1.54, 1.807) is 0 Å². The number of aliphatic hydroxyl groups is 1. The molecule has 0 amide bonds. The Bertz CT molecular complexity index is 1050. The number of hydrogen-bond acceptors (Lipinski definition) is 3. The van der Waals surface area contributed by atoms with Crippen molar-refractivity contribution >= 4 is 5.97 Å². The summed E-state index contributed by atoms with van der Waals surface area (Å²) in [6.45, 7) is 14.6. The number of aliphatic hydroxyl groups excluding tert-OH is 1. The van der Waals surface area contributed by atoms with Crippen molar-refractivity contribution in [2.75, 3.05) is 0 Å². The third-order valence-corrected chi connectivity index (χ3v) is 14.0. The summed E-state index contributed by atoms with van der Waals surface area (Å²) < 4.78 is 6.41. The normalized spacial score (nSPS) is 33.9. The highest BCUT2D eigenvalue weighted by Crippen LogP contribution is 2.67. The molecule has 274 valence electrons. The zero-order valence-corrected chi connectivity index (χ0v) is 32.3. The van der Waals surface area contributed by atoms with Gasteiger partial charge in [0, 0.05) is 18.3 Å². The summed E-state index contributed by atoms with van der Waals surface area (Å²) in [5.41, 5.74) is 1.71. The van der Waals surface area contributed by atoms with E-state index in [0.29, 0.717) is 30.1 Å². The lowest BCUT2D eigenvalue weighted by molar-refractivity contribution is -0.169. The quantitative estimate of drug-likeness (QED) is 0.0800. The summed E-state index contributed by atoms with van der Waals surface area (Å²) in [6.07, 6.45) is 36.7. The third-order valence-electron chi connectivity index (χ3n) is 14.0. The van der Waals surface area contributed by atoms with Crippen molar-refractivity contribution in [1.82, 2.24) is 0 Å². The Hall–Kier alpha value is -1.35. The Balaban J connectivity index is 1.22. The van der Waals surface area contributed by atoms with E-state index in [1.165, 1.54) is 95.5 Å². The first-order valence-electron chi connectivity index (χ1n) is 21.0. The second-order valence-corrected chi connectivity index (χ2v) is 17.7. The maximum absolute atomic E-state index is 13.3. The SMILES string of the molecule is CCCCC/C=C\C/C=C\CCCCCCCC(=O)OC1C[C@@H](O)CC2=CC[C@H]3[C@@H]4CC[C@H]([C@H](C)CCCC(C)C)[C@@]4(C)CC[C@@H]3[C@]21C. The molecule has 0 radical (unpaired) electrons. The van der Waals surface area contributed by atoms with Crippen LogP contribution < -0.4 is 0 Å². The van der Waals surface area contributed by atoms with Gasteiger partial charge in [-0.05, 0) is 118 Å². The number of rotatable bonds is 20. The second kappa shape index (κ2) is 19.3. The van der Waals surface area contributed by atoms with Gasteiger partial charge in [0.2, 0.25) is 0 Å². The molecule has 3 fully saturated rings. The van der Waals surface area contributed by atoms with Crippen molar-refractivity contribution in [3.63, 3.8) is 0 Å². The molecule has 0 heterocycles. The van der Waals surface area contributed by atoms with E-state index in [4.69, 9.17) is 4.74 Å². The van der Waals surface area contributed by atoms with Crippen molar-refractivity contribution in [2.24, 2.45) is 46.3 Å². The minimum atomic E-state index is -0.397. The van der Waals surface area contributed by atoms with Gasteiger partial charge in [0.05, 0.1) is 6.10 Å². The maximum atomic E-state index is 13.3. The summed E-state index contributed by atoms with van der Waals surface area (Å²) in [5.74, 6) is 4.45. The molecule has 1 N–H and O–H groups in total. The number of carbonyl (C=O) groups is 1. The maximum Gasteiger partial charge on any atom is 0.306 e. The summed E-state index contributed by atoms with van der Waals surface area (Å²) in [7, 11) is 0. The predicted molar refractivity (Wildman–Crippen MR) is 204 cm³/mol. The highest BCUT2D eigenvalue weighted by Gasteiger charge is 2.61. The number of ether oxygens (including phenoxy) is 1. The summed E-state index contributed by atoms with van der Waals surface area (Å²) in [6, 6.07) is 0. The van der Waals surface area contributed by atoms with Gasteiger partial charge in [-0.25, -0.2) is 0 Å². The standard InChI is InChI=1S/C45H76O3/c1-7-8-9-10-11-12-13-14-15-16-17-18-19-20-21-25-43(47)48-42-33-37(46)32-36-26-27-38-40-29-28-39(35(4)24-22-23-34(2)3)44(40,5)31-30-41(38)45(36,42)6/h11-12,14-15,26,34-35,37-42,46H,7-10,13,16-25,27-33H2,1-6H3/b12-11-,15-14-/t35-,37+,38+,39-,40+,41+,42?,44-,45+/m1/s1. The summed E-state index contributed by atoms with van der Waals surface area (Å²) in [5, 5.41) is 10.9. The topological polar surface area (TPSA) is 46.5 Å². The smallest absolute Gasteiger partial charge is 0.306 e. The third kappa shape index (κ3) is 10.1.